The molecule has 2 aromatic carbocycles. The predicted octanol–water partition coefficient (Wildman–Crippen LogP) is 3.52. The van der Waals surface area contributed by atoms with E-state index in [-0.39, 0.29) is 36.5 Å². The lowest BCUT2D eigenvalue weighted by atomic mass is 10.1. The maximum atomic E-state index is 13.8. The highest BCUT2D eigenvalue weighted by molar-refractivity contribution is 8.15. The highest BCUT2D eigenvalue weighted by atomic mass is 32.2. The smallest absolute Gasteiger partial charge is 0.262 e. The number of amidine groups is 1. The number of nitrogens with one attached hydrogen (secondary N) is 1. The minimum Gasteiger partial charge on any atom is -0.351 e. The first-order valence-corrected chi connectivity index (χ1v) is 11.7. The van der Waals surface area contributed by atoms with Gasteiger partial charge in [0, 0.05) is 49.9 Å². The Labute approximate surface area is 196 Å². The van der Waals surface area contributed by atoms with Gasteiger partial charge in [0.05, 0.1) is 0 Å². The van der Waals surface area contributed by atoms with Gasteiger partial charge in [-0.15, -0.1) is 0 Å². The Morgan fingerprint density at radius 2 is 1.85 bits per heavy atom. The molecule has 9 heteroatoms. The lowest BCUT2D eigenvalue weighted by Crippen LogP contribution is -2.26. The van der Waals surface area contributed by atoms with Gasteiger partial charge in [-0.2, -0.15) is 4.99 Å². The van der Waals surface area contributed by atoms with Crippen molar-refractivity contribution in [3.63, 3.8) is 0 Å². The maximum Gasteiger partial charge on any atom is 0.262 e. The third-order valence-corrected chi connectivity index (χ3v) is 6.82. The Morgan fingerprint density at radius 1 is 1.15 bits per heavy atom. The Kier molecular flexibility index (Phi) is 7.08. The molecule has 33 heavy (non-hydrogen) atoms. The molecular formula is C24H25FN4O3S. The lowest BCUT2D eigenvalue weighted by molar-refractivity contribution is -0.121. The molecule has 0 spiro atoms. The van der Waals surface area contributed by atoms with E-state index in [0.717, 1.165) is 31.1 Å². The zero-order chi connectivity index (χ0) is 23.4. The molecule has 0 bridgehead atoms. The average Bonchev–Trinajstić information content (AvgIpc) is 3.46. The van der Waals surface area contributed by atoms with Gasteiger partial charge in [-0.1, -0.05) is 30.0 Å². The quantitative estimate of drug-likeness (QED) is 0.702. The molecule has 1 fully saturated rings. The monoisotopic (exact) mass is 468 g/mol. The number of nitrogens with zero attached hydrogens (tertiary/aromatic N) is 3. The van der Waals surface area contributed by atoms with Crippen LogP contribution in [0, 0.1) is 5.82 Å². The number of likely N-dealkylation sites (tertiary alicyclic amines) is 1. The summed E-state index contributed by atoms with van der Waals surface area (Å²) in [6.45, 7) is 1.95. The summed E-state index contributed by atoms with van der Waals surface area (Å²) >= 11 is 1.35. The van der Waals surface area contributed by atoms with Crippen LogP contribution >= 0.6 is 11.8 Å². The number of thioether (sulfide) groups is 1. The second kappa shape index (κ2) is 10.2. The number of benzene rings is 2. The van der Waals surface area contributed by atoms with Gasteiger partial charge in [-0.05, 0) is 43.2 Å². The largest absolute Gasteiger partial charge is 0.351 e. The van der Waals surface area contributed by atoms with E-state index in [0.29, 0.717) is 16.8 Å². The number of halogens is 1. The summed E-state index contributed by atoms with van der Waals surface area (Å²) in [7, 11) is 1.61. The van der Waals surface area contributed by atoms with Crippen molar-refractivity contribution in [1.29, 1.82) is 0 Å². The number of hydrogen-bond donors (Lipinski definition) is 1. The van der Waals surface area contributed by atoms with Crippen LogP contribution in [0.1, 0.15) is 35.2 Å². The van der Waals surface area contributed by atoms with Crippen molar-refractivity contribution in [1.82, 2.24) is 9.80 Å². The van der Waals surface area contributed by atoms with Crippen molar-refractivity contribution in [2.24, 2.45) is 4.99 Å². The standard InChI is InChI=1S/C24H25FN4O3S/c1-28(15-17-6-2-3-7-19(17)25)23(32)16-8-10-18(11-9-16)26-21(30)14-20-22(31)27-24(33-20)29-12-4-5-13-29/h2-3,6-11,20H,4-5,12-15H2,1H3,(H,26,30)/t20-/m1/s1. The first-order chi connectivity index (χ1) is 15.9. The topological polar surface area (TPSA) is 82.1 Å². The molecule has 2 heterocycles. The summed E-state index contributed by atoms with van der Waals surface area (Å²) in [4.78, 5) is 44.9. The van der Waals surface area contributed by atoms with E-state index in [4.69, 9.17) is 0 Å². The van der Waals surface area contributed by atoms with Gasteiger partial charge < -0.3 is 15.1 Å². The van der Waals surface area contributed by atoms with Gasteiger partial charge in [0.1, 0.15) is 11.1 Å². The number of hydrogen-bond acceptors (Lipinski definition) is 5. The molecule has 0 aliphatic carbocycles. The molecule has 4 rings (SSSR count). The molecule has 2 aliphatic rings. The molecule has 1 saturated heterocycles. The summed E-state index contributed by atoms with van der Waals surface area (Å²) in [5.41, 5.74) is 1.40. The Bertz CT molecular complexity index is 1080. The van der Waals surface area contributed by atoms with Crippen LogP contribution in [-0.4, -0.2) is 58.1 Å². The second-order valence-corrected chi connectivity index (χ2v) is 9.29. The minimum atomic E-state index is -0.506. The molecule has 0 aromatic heterocycles. The number of carbonyl (C=O) groups excluding carboxylic acids is 3. The molecule has 7 nitrogen and oxygen atoms in total. The molecule has 0 radical (unpaired) electrons. The molecule has 1 atom stereocenters. The van der Waals surface area contributed by atoms with Crippen LogP contribution in [0.4, 0.5) is 10.1 Å². The molecule has 1 N–H and O–H groups in total. The van der Waals surface area contributed by atoms with E-state index in [1.54, 1.807) is 49.5 Å². The van der Waals surface area contributed by atoms with Gasteiger partial charge in [-0.25, -0.2) is 4.39 Å². The van der Waals surface area contributed by atoms with Gasteiger partial charge in [-0.3, -0.25) is 14.4 Å². The molecule has 0 saturated carbocycles. The number of carbonyl (C=O) groups is 3. The van der Waals surface area contributed by atoms with Crippen molar-refractivity contribution in [3.05, 3.63) is 65.5 Å². The third kappa shape index (κ3) is 5.60. The normalized spacial score (nSPS) is 17.8. The van der Waals surface area contributed by atoms with Gasteiger partial charge in [0.2, 0.25) is 5.91 Å². The number of rotatable bonds is 6. The van der Waals surface area contributed by atoms with Crippen LogP contribution in [-0.2, 0) is 16.1 Å². The Balaban J connectivity index is 1.29. The SMILES string of the molecule is CN(Cc1ccccc1F)C(=O)c1ccc(NC(=O)C[C@H]2SC(N3CCCC3)=NC2=O)cc1. The summed E-state index contributed by atoms with van der Waals surface area (Å²) in [6.07, 6.45) is 2.23. The molecule has 0 unspecified atom stereocenters. The van der Waals surface area contributed by atoms with Crippen molar-refractivity contribution in [3.8, 4) is 0 Å². The van der Waals surface area contributed by atoms with E-state index < -0.39 is 5.25 Å². The zero-order valence-electron chi connectivity index (χ0n) is 18.3. The van der Waals surface area contributed by atoms with Gasteiger partial charge in [0.15, 0.2) is 5.17 Å². The second-order valence-electron chi connectivity index (χ2n) is 8.12. The third-order valence-electron chi connectivity index (χ3n) is 5.60. The summed E-state index contributed by atoms with van der Waals surface area (Å²) in [5.74, 6) is -1.16. The van der Waals surface area contributed by atoms with E-state index in [1.807, 2.05) is 0 Å². The van der Waals surface area contributed by atoms with Crippen LogP contribution < -0.4 is 5.32 Å². The molecule has 2 aliphatic heterocycles. The summed E-state index contributed by atoms with van der Waals surface area (Å²) in [5, 5.41) is 2.99. The van der Waals surface area contributed by atoms with Crippen LogP contribution in [0.25, 0.3) is 0 Å². The highest BCUT2D eigenvalue weighted by Gasteiger charge is 2.33. The van der Waals surface area contributed by atoms with Crippen molar-refractivity contribution in [2.75, 3.05) is 25.5 Å². The fourth-order valence-corrected chi connectivity index (χ4v) is 4.92. The van der Waals surface area contributed by atoms with Crippen molar-refractivity contribution in [2.45, 2.75) is 31.1 Å². The van der Waals surface area contributed by atoms with E-state index in [2.05, 4.69) is 15.2 Å². The maximum absolute atomic E-state index is 13.8. The van der Waals surface area contributed by atoms with Gasteiger partial charge in [0.25, 0.3) is 11.8 Å². The fourth-order valence-electron chi connectivity index (χ4n) is 3.80. The minimum absolute atomic E-state index is 0.0381. The van der Waals surface area contributed by atoms with Crippen LogP contribution in [0.15, 0.2) is 53.5 Å². The fraction of sp³-hybridized carbons (Fsp3) is 0.333. The Hall–Kier alpha value is -3.20. The molecular weight excluding hydrogens is 443 g/mol. The number of aliphatic imine (C=N–C) groups is 1. The van der Waals surface area contributed by atoms with E-state index in [9.17, 15) is 18.8 Å². The summed E-state index contributed by atoms with van der Waals surface area (Å²) < 4.78 is 13.8. The van der Waals surface area contributed by atoms with Crippen molar-refractivity contribution < 1.29 is 18.8 Å². The van der Waals surface area contributed by atoms with Gasteiger partial charge >= 0.3 is 0 Å². The van der Waals surface area contributed by atoms with Crippen molar-refractivity contribution >= 4 is 40.3 Å². The first-order valence-electron chi connectivity index (χ1n) is 10.8. The zero-order valence-corrected chi connectivity index (χ0v) is 19.1. The number of amides is 3. The molecule has 3 amide bonds. The van der Waals surface area contributed by atoms with Crippen LogP contribution in [0.5, 0.6) is 0 Å². The average molecular weight is 469 g/mol. The highest BCUT2D eigenvalue weighted by Crippen LogP contribution is 2.29. The predicted molar refractivity (Wildman–Crippen MR) is 127 cm³/mol. The van der Waals surface area contributed by atoms with E-state index >= 15 is 0 Å². The summed E-state index contributed by atoms with van der Waals surface area (Å²) in [6, 6.07) is 12.8. The lowest BCUT2D eigenvalue weighted by Gasteiger charge is -2.18. The molecule has 172 valence electrons. The first kappa shape index (κ1) is 23.0. The van der Waals surface area contributed by atoms with Crippen LogP contribution in [0.3, 0.4) is 0 Å². The Morgan fingerprint density at radius 3 is 2.55 bits per heavy atom. The van der Waals surface area contributed by atoms with E-state index in [1.165, 1.54) is 22.7 Å². The number of anilines is 1. The van der Waals surface area contributed by atoms with Crippen LogP contribution in [0.2, 0.25) is 0 Å². The molecule has 2 aromatic rings.